The number of hydrogen-bond acceptors (Lipinski definition) is 4. The van der Waals surface area contributed by atoms with E-state index in [-0.39, 0.29) is 17.9 Å². The van der Waals surface area contributed by atoms with Crippen molar-refractivity contribution >= 4 is 17.7 Å². The van der Waals surface area contributed by atoms with Crippen molar-refractivity contribution in [3.05, 3.63) is 29.8 Å². The minimum atomic E-state index is -0.360. The predicted molar refractivity (Wildman–Crippen MR) is 72.9 cm³/mol. The molecule has 0 aliphatic carbocycles. The number of benzene rings is 1. The largest absolute Gasteiger partial charge is 0.391 e. The maximum Gasteiger partial charge on any atom is 0.252 e. The Labute approximate surface area is 111 Å². The standard InChI is InChI=1S/C13H18N2O2S/c1-18-12-5-3-2-4-10(12)13(17)15-7-9-6-14-8-11(9)16/h2-5,9,11,14,16H,6-8H2,1H3,(H,15,17). The van der Waals surface area contributed by atoms with E-state index in [9.17, 15) is 9.90 Å². The zero-order valence-corrected chi connectivity index (χ0v) is 11.2. The fraction of sp³-hybridized carbons (Fsp3) is 0.462. The van der Waals surface area contributed by atoms with Crippen LogP contribution in [0.1, 0.15) is 10.4 Å². The van der Waals surface area contributed by atoms with Crippen LogP contribution < -0.4 is 10.6 Å². The number of amides is 1. The van der Waals surface area contributed by atoms with Crippen molar-refractivity contribution in [1.82, 2.24) is 10.6 Å². The third-order valence-corrected chi connectivity index (χ3v) is 3.98. The highest BCUT2D eigenvalue weighted by Crippen LogP contribution is 2.19. The Morgan fingerprint density at radius 1 is 1.50 bits per heavy atom. The molecule has 98 valence electrons. The quantitative estimate of drug-likeness (QED) is 0.703. The van der Waals surface area contributed by atoms with Gasteiger partial charge in [0.15, 0.2) is 0 Å². The molecular weight excluding hydrogens is 248 g/mol. The molecule has 18 heavy (non-hydrogen) atoms. The van der Waals surface area contributed by atoms with Crippen molar-refractivity contribution in [2.45, 2.75) is 11.0 Å². The molecule has 0 bridgehead atoms. The summed E-state index contributed by atoms with van der Waals surface area (Å²) in [5, 5.41) is 15.7. The SMILES string of the molecule is CSc1ccccc1C(=O)NCC1CNCC1O. The fourth-order valence-corrected chi connectivity index (χ4v) is 2.67. The zero-order valence-electron chi connectivity index (χ0n) is 10.3. The molecule has 1 aromatic carbocycles. The fourth-order valence-electron chi connectivity index (χ4n) is 2.08. The molecule has 1 aliphatic heterocycles. The molecule has 0 radical (unpaired) electrons. The van der Waals surface area contributed by atoms with Crippen LogP contribution >= 0.6 is 11.8 Å². The summed E-state index contributed by atoms with van der Waals surface area (Å²) >= 11 is 1.56. The minimum Gasteiger partial charge on any atom is -0.391 e. The molecule has 1 amide bonds. The first-order valence-electron chi connectivity index (χ1n) is 6.02. The molecule has 2 rings (SSSR count). The van der Waals surface area contributed by atoms with Crippen LogP contribution in [0.5, 0.6) is 0 Å². The highest BCUT2D eigenvalue weighted by atomic mass is 32.2. The second-order valence-electron chi connectivity index (χ2n) is 4.40. The van der Waals surface area contributed by atoms with Gasteiger partial charge in [0.25, 0.3) is 5.91 Å². The maximum absolute atomic E-state index is 12.1. The van der Waals surface area contributed by atoms with E-state index in [0.717, 1.165) is 11.4 Å². The number of nitrogens with one attached hydrogen (secondary N) is 2. The number of thioether (sulfide) groups is 1. The van der Waals surface area contributed by atoms with Crippen LogP contribution in [0.25, 0.3) is 0 Å². The Hall–Kier alpha value is -1.04. The van der Waals surface area contributed by atoms with Gasteiger partial charge >= 0.3 is 0 Å². The van der Waals surface area contributed by atoms with Gasteiger partial charge in [-0.2, -0.15) is 0 Å². The maximum atomic E-state index is 12.1. The van der Waals surface area contributed by atoms with Gasteiger partial charge in [-0.3, -0.25) is 4.79 Å². The van der Waals surface area contributed by atoms with Crippen LogP contribution in [-0.4, -0.2) is 43.0 Å². The Kier molecular flexibility index (Phi) is 4.63. The van der Waals surface area contributed by atoms with E-state index in [0.29, 0.717) is 18.7 Å². The lowest BCUT2D eigenvalue weighted by Gasteiger charge is -2.15. The lowest BCUT2D eigenvalue weighted by molar-refractivity contribution is 0.0924. The highest BCUT2D eigenvalue weighted by molar-refractivity contribution is 7.98. The number of hydrogen-bond donors (Lipinski definition) is 3. The Morgan fingerprint density at radius 2 is 2.28 bits per heavy atom. The van der Waals surface area contributed by atoms with E-state index >= 15 is 0 Å². The summed E-state index contributed by atoms with van der Waals surface area (Å²) < 4.78 is 0. The van der Waals surface area contributed by atoms with Crippen LogP contribution in [0.3, 0.4) is 0 Å². The van der Waals surface area contributed by atoms with Crippen LogP contribution in [0.4, 0.5) is 0 Å². The van der Waals surface area contributed by atoms with Crippen molar-refractivity contribution in [3.63, 3.8) is 0 Å². The van der Waals surface area contributed by atoms with Gasteiger partial charge in [0.2, 0.25) is 0 Å². The first kappa shape index (κ1) is 13.4. The normalized spacial score (nSPS) is 23.0. The van der Waals surface area contributed by atoms with E-state index in [1.165, 1.54) is 0 Å². The van der Waals surface area contributed by atoms with Gasteiger partial charge in [-0.1, -0.05) is 12.1 Å². The molecule has 0 spiro atoms. The first-order chi connectivity index (χ1) is 8.72. The molecule has 2 atom stereocenters. The number of aliphatic hydroxyl groups excluding tert-OH is 1. The van der Waals surface area contributed by atoms with Gasteiger partial charge in [-0.05, 0) is 18.4 Å². The summed E-state index contributed by atoms with van der Waals surface area (Å²) in [5.74, 6) is 0.0365. The van der Waals surface area contributed by atoms with Gasteiger partial charge < -0.3 is 15.7 Å². The molecule has 1 fully saturated rings. The van der Waals surface area contributed by atoms with Crippen LogP contribution in [-0.2, 0) is 0 Å². The molecule has 0 saturated carbocycles. The van der Waals surface area contributed by atoms with Gasteiger partial charge in [0.05, 0.1) is 11.7 Å². The summed E-state index contributed by atoms with van der Waals surface area (Å²) in [6.45, 7) is 1.88. The summed E-state index contributed by atoms with van der Waals surface area (Å²) in [6.07, 6.45) is 1.60. The van der Waals surface area contributed by atoms with Crippen LogP contribution in [0.2, 0.25) is 0 Å². The van der Waals surface area contributed by atoms with E-state index in [2.05, 4.69) is 10.6 Å². The molecule has 1 aliphatic rings. The molecule has 0 aromatic heterocycles. The van der Waals surface area contributed by atoms with Crippen LogP contribution in [0, 0.1) is 5.92 Å². The van der Waals surface area contributed by atoms with Crippen molar-refractivity contribution in [2.24, 2.45) is 5.92 Å². The van der Waals surface area contributed by atoms with Crippen LogP contribution in [0.15, 0.2) is 29.2 Å². The molecule has 1 aromatic rings. The monoisotopic (exact) mass is 266 g/mol. The first-order valence-corrected chi connectivity index (χ1v) is 7.25. The Balaban J connectivity index is 1.95. The third-order valence-electron chi connectivity index (χ3n) is 3.18. The van der Waals surface area contributed by atoms with Gasteiger partial charge in [-0.15, -0.1) is 11.8 Å². The van der Waals surface area contributed by atoms with E-state index in [1.807, 2.05) is 30.5 Å². The lowest BCUT2D eigenvalue weighted by Crippen LogP contribution is -2.34. The van der Waals surface area contributed by atoms with Crippen molar-refractivity contribution in [1.29, 1.82) is 0 Å². The molecule has 4 nitrogen and oxygen atoms in total. The molecule has 3 N–H and O–H groups in total. The minimum absolute atomic E-state index is 0.0703. The number of rotatable bonds is 4. The number of β-amino-alcohol motifs (C(OH)–C–C–N with tert-alkyl or cyclic N) is 1. The summed E-state index contributed by atoms with van der Waals surface area (Å²) in [6, 6.07) is 7.55. The highest BCUT2D eigenvalue weighted by Gasteiger charge is 2.25. The molecule has 5 heteroatoms. The summed E-state index contributed by atoms with van der Waals surface area (Å²) in [5.41, 5.74) is 0.699. The number of carbonyl (C=O) groups is 1. The number of aliphatic hydroxyl groups is 1. The second kappa shape index (κ2) is 6.22. The average molecular weight is 266 g/mol. The second-order valence-corrected chi connectivity index (χ2v) is 5.24. The molecule has 1 saturated heterocycles. The predicted octanol–water partition coefficient (Wildman–Crippen LogP) is 0.719. The molecule has 1 heterocycles. The van der Waals surface area contributed by atoms with Gasteiger partial charge in [-0.25, -0.2) is 0 Å². The van der Waals surface area contributed by atoms with E-state index < -0.39 is 0 Å². The molecular formula is C13H18N2O2S. The zero-order chi connectivity index (χ0) is 13.0. The summed E-state index contributed by atoms with van der Waals surface area (Å²) in [4.78, 5) is 13.0. The average Bonchev–Trinajstić information content (AvgIpc) is 2.81. The van der Waals surface area contributed by atoms with E-state index in [4.69, 9.17) is 0 Å². The topological polar surface area (TPSA) is 61.4 Å². The van der Waals surface area contributed by atoms with Gasteiger partial charge in [0, 0.05) is 30.4 Å². The van der Waals surface area contributed by atoms with Crippen molar-refractivity contribution in [2.75, 3.05) is 25.9 Å². The lowest BCUT2D eigenvalue weighted by atomic mass is 10.1. The summed E-state index contributed by atoms with van der Waals surface area (Å²) in [7, 11) is 0. The Morgan fingerprint density at radius 3 is 2.94 bits per heavy atom. The third kappa shape index (κ3) is 3.04. The molecule has 2 unspecified atom stereocenters. The van der Waals surface area contributed by atoms with Crippen molar-refractivity contribution < 1.29 is 9.90 Å². The Bertz CT molecular complexity index is 425. The van der Waals surface area contributed by atoms with Crippen molar-refractivity contribution in [3.8, 4) is 0 Å². The van der Waals surface area contributed by atoms with Gasteiger partial charge in [0.1, 0.15) is 0 Å². The smallest absolute Gasteiger partial charge is 0.252 e. The van der Waals surface area contributed by atoms with E-state index in [1.54, 1.807) is 11.8 Å². The number of carbonyl (C=O) groups excluding carboxylic acids is 1.